The molecule has 3 amide bonds. The molecule has 45 heavy (non-hydrogen) atoms. The van der Waals surface area contributed by atoms with Crippen LogP contribution in [0.25, 0.3) is 0 Å². The van der Waals surface area contributed by atoms with Crippen molar-refractivity contribution in [3.63, 3.8) is 0 Å². The fourth-order valence-corrected chi connectivity index (χ4v) is 11.6. The second-order valence-corrected chi connectivity index (χ2v) is 18.2. The highest BCUT2D eigenvalue weighted by molar-refractivity contribution is 5.97. The highest BCUT2D eigenvalue weighted by atomic mass is 16.2. The van der Waals surface area contributed by atoms with Gasteiger partial charge in [-0.3, -0.25) is 14.4 Å². The topological polar surface area (TPSA) is 126 Å². The Balaban J connectivity index is 1.17. The van der Waals surface area contributed by atoms with Gasteiger partial charge in [0.05, 0.1) is 0 Å². The van der Waals surface area contributed by atoms with Crippen molar-refractivity contribution in [2.24, 2.45) is 50.2 Å². The molecule has 6 aliphatic carbocycles. The molecule has 9 heteroatoms. The number of amides is 3. The van der Waals surface area contributed by atoms with Gasteiger partial charge < -0.3 is 16.0 Å². The highest BCUT2D eigenvalue weighted by Crippen LogP contribution is 2.67. The summed E-state index contributed by atoms with van der Waals surface area (Å²) in [5.41, 5.74) is 0.262. The summed E-state index contributed by atoms with van der Waals surface area (Å²) in [7, 11) is 0. The summed E-state index contributed by atoms with van der Waals surface area (Å²) in [6.07, 6.45) is 9.43. The summed E-state index contributed by atoms with van der Waals surface area (Å²) < 4.78 is 0. The second kappa shape index (κ2) is 9.50. The normalized spacial score (nSPS) is 42.6. The van der Waals surface area contributed by atoms with E-state index in [4.69, 9.17) is 0 Å². The van der Waals surface area contributed by atoms with E-state index in [-0.39, 0.29) is 68.1 Å². The molecule has 9 atom stereocenters. The van der Waals surface area contributed by atoms with E-state index < -0.39 is 17.7 Å². The molecular weight excluding hydrogens is 564 g/mol. The first-order valence-electron chi connectivity index (χ1n) is 17.5. The van der Waals surface area contributed by atoms with Gasteiger partial charge in [0.1, 0.15) is 0 Å². The number of aromatic nitrogens is 3. The van der Waals surface area contributed by atoms with Crippen molar-refractivity contribution in [2.45, 2.75) is 138 Å². The lowest BCUT2D eigenvalue weighted by Crippen LogP contribution is -2.49. The van der Waals surface area contributed by atoms with E-state index in [1.165, 1.54) is 19.3 Å². The van der Waals surface area contributed by atoms with Gasteiger partial charge in [0.25, 0.3) is 17.7 Å². The van der Waals surface area contributed by atoms with Gasteiger partial charge in [-0.15, -0.1) is 0 Å². The molecule has 0 spiro atoms. The fraction of sp³-hybridized carbons (Fsp3) is 0.833. The number of hydrogen-bond acceptors (Lipinski definition) is 6. The molecule has 0 saturated heterocycles. The molecule has 1 aromatic rings. The summed E-state index contributed by atoms with van der Waals surface area (Å²) in [6.45, 7) is 20.6. The van der Waals surface area contributed by atoms with Crippen LogP contribution in [0.3, 0.4) is 0 Å². The van der Waals surface area contributed by atoms with Gasteiger partial charge in [-0.1, -0.05) is 62.3 Å². The Hall–Kier alpha value is -2.58. The summed E-state index contributed by atoms with van der Waals surface area (Å²) in [5.74, 6) is -0.186. The molecule has 9 unspecified atom stereocenters. The Morgan fingerprint density at radius 3 is 0.911 bits per heavy atom. The maximum absolute atomic E-state index is 13.8. The van der Waals surface area contributed by atoms with Crippen molar-refractivity contribution in [2.75, 3.05) is 0 Å². The van der Waals surface area contributed by atoms with Crippen LogP contribution >= 0.6 is 0 Å². The minimum Gasteiger partial charge on any atom is -0.346 e. The predicted molar refractivity (Wildman–Crippen MR) is 171 cm³/mol. The molecule has 6 saturated carbocycles. The van der Waals surface area contributed by atoms with E-state index >= 15 is 0 Å². The first kappa shape index (κ1) is 31.0. The van der Waals surface area contributed by atoms with E-state index in [9.17, 15) is 14.4 Å². The quantitative estimate of drug-likeness (QED) is 0.375. The number of nitrogens with one attached hydrogen (secondary N) is 3. The van der Waals surface area contributed by atoms with Gasteiger partial charge in [0.2, 0.25) is 17.5 Å². The number of rotatable bonds is 6. The molecule has 6 bridgehead atoms. The lowest BCUT2D eigenvalue weighted by molar-refractivity contribution is 0.0802. The van der Waals surface area contributed by atoms with Gasteiger partial charge in [0, 0.05) is 18.1 Å². The zero-order valence-electron chi connectivity index (χ0n) is 28.9. The van der Waals surface area contributed by atoms with Crippen molar-refractivity contribution in [1.29, 1.82) is 0 Å². The number of fused-ring (bicyclic) bond motifs is 6. The second-order valence-electron chi connectivity index (χ2n) is 18.2. The molecule has 1 aromatic heterocycles. The largest absolute Gasteiger partial charge is 0.346 e. The van der Waals surface area contributed by atoms with Crippen LogP contribution in [0.5, 0.6) is 0 Å². The Morgan fingerprint density at radius 1 is 0.489 bits per heavy atom. The molecule has 246 valence electrons. The molecule has 7 rings (SSSR count). The van der Waals surface area contributed by atoms with Crippen LogP contribution in [0.2, 0.25) is 0 Å². The van der Waals surface area contributed by atoms with Crippen LogP contribution in [0, 0.1) is 50.2 Å². The minimum atomic E-state index is -0.448. The van der Waals surface area contributed by atoms with E-state index in [1.54, 1.807) is 0 Å². The first-order valence-corrected chi connectivity index (χ1v) is 17.5. The van der Waals surface area contributed by atoms with Crippen LogP contribution in [-0.2, 0) is 0 Å². The molecule has 0 aromatic carbocycles. The predicted octanol–water partition coefficient (Wildman–Crippen LogP) is 5.71. The standard InChI is InChI=1S/C36H54N6O3/c1-31(2)19-10-13-34(31,7)22(16-19)37-28(43)25-40-26(29(44)38-23-17-20-11-14-35(23,8)32(20,3)4)42-27(41-25)30(45)39-24-18-21-12-15-36(24,9)33(21,5)6/h19-24H,10-18H2,1-9H3,(H,37,43)(H,38,44)(H,39,45). The summed E-state index contributed by atoms with van der Waals surface area (Å²) in [6, 6.07) is -0.0486. The van der Waals surface area contributed by atoms with Crippen molar-refractivity contribution in [1.82, 2.24) is 30.9 Å². The number of hydrogen-bond donors (Lipinski definition) is 3. The van der Waals surface area contributed by atoms with Crippen molar-refractivity contribution < 1.29 is 14.4 Å². The fourth-order valence-electron chi connectivity index (χ4n) is 11.6. The Morgan fingerprint density at radius 2 is 0.733 bits per heavy atom. The number of carbonyl (C=O) groups excluding carboxylic acids is 3. The monoisotopic (exact) mass is 618 g/mol. The molecule has 3 N–H and O–H groups in total. The van der Waals surface area contributed by atoms with Gasteiger partial charge in [-0.25, -0.2) is 0 Å². The first-order chi connectivity index (χ1) is 20.8. The maximum Gasteiger partial charge on any atom is 0.289 e. The number of carbonyl (C=O) groups is 3. The third-order valence-corrected chi connectivity index (χ3v) is 16.5. The molecule has 1 heterocycles. The van der Waals surface area contributed by atoms with Gasteiger partial charge in [-0.05, 0) is 108 Å². The van der Waals surface area contributed by atoms with Crippen LogP contribution < -0.4 is 16.0 Å². The van der Waals surface area contributed by atoms with E-state index in [0.29, 0.717) is 17.8 Å². The van der Waals surface area contributed by atoms with Crippen molar-refractivity contribution >= 4 is 17.7 Å². The smallest absolute Gasteiger partial charge is 0.289 e. The molecule has 0 radical (unpaired) electrons. The van der Waals surface area contributed by atoms with Crippen LogP contribution in [-0.4, -0.2) is 50.8 Å². The van der Waals surface area contributed by atoms with Crippen molar-refractivity contribution in [3.05, 3.63) is 17.5 Å². The lowest BCUT2D eigenvalue weighted by Gasteiger charge is -2.39. The van der Waals surface area contributed by atoms with E-state index in [2.05, 4.69) is 93.2 Å². The van der Waals surface area contributed by atoms with E-state index in [0.717, 1.165) is 38.5 Å². The third kappa shape index (κ3) is 4.03. The Kier molecular flexibility index (Phi) is 6.55. The summed E-state index contributed by atoms with van der Waals surface area (Å²) >= 11 is 0. The average molecular weight is 619 g/mol. The van der Waals surface area contributed by atoms with Crippen molar-refractivity contribution in [3.8, 4) is 0 Å². The Labute approximate surface area is 268 Å². The molecule has 6 fully saturated rings. The van der Waals surface area contributed by atoms with Gasteiger partial charge >= 0.3 is 0 Å². The molecule has 0 aliphatic heterocycles. The summed E-state index contributed by atoms with van der Waals surface area (Å²) in [5, 5.41) is 9.67. The van der Waals surface area contributed by atoms with Crippen LogP contribution in [0.1, 0.15) is 152 Å². The van der Waals surface area contributed by atoms with Gasteiger partial charge in [0.15, 0.2) is 0 Å². The Bertz CT molecular complexity index is 1290. The van der Waals surface area contributed by atoms with Crippen LogP contribution in [0.4, 0.5) is 0 Å². The van der Waals surface area contributed by atoms with Crippen LogP contribution in [0.15, 0.2) is 0 Å². The third-order valence-electron chi connectivity index (χ3n) is 16.5. The molecule has 9 nitrogen and oxygen atoms in total. The SMILES string of the molecule is CC1(C)C2CCC1(C)C(NC(=O)c1nc(C(=O)NC3CC4CCC3(C)C4(C)C)nc(C(=O)NC3CC4CCC3(C)C4(C)C)n1)C2. The average Bonchev–Trinajstić information content (AvgIpc) is 3.62. The summed E-state index contributed by atoms with van der Waals surface area (Å²) in [4.78, 5) is 54.7. The minimum absolute atomic E-state index is 0.0162. The highest BCUT2D eigenvalue weighted by Gasteiger charge is 2.64. The lowest BCUT2D eigenvalue weighted by atomic mass is 9.69. The molecule has 6 aliphatic rings. The zero-order valence-corrected chi connectivity index (χ0v) is 28.9. The van der Waals surface area contributed by atoms with Gasteiger partial charge in [-0.2, -0.15) is 15.0 Å². The van der Waals surface area contributed by atoms with E-state index in [1.807, 2.05) is 0 Å². The number of nitrogens with zero attached hydrogens (tertiary/aromatic N) is 3. The zero-order chi connectivity index (χ0) is 32.5. The molecular formula is C36H54N6O3. The maximum atomic E-state index is 13.8.